The molecule has 1 amide bonds. The Morgan fingerprint density at radius 3 is 2.17 bits per heavy atom. The van der Waals surface area contributed by atoms with Crippen LogP contribution >= 0.6 is 0 Å². The van der Waals surface area contributed by atoms with Crippen molar-refractivity contribution >= 4 is 16.8 Å². The minimum absolute atomic E-state index is 0.178. The molecule has 0 radical (unpaired) electrons. The molecule has 7 heteroatoms. The van der Waals surface area contributed by atoms with Gasteiger partial charge in [0, 0.05) is 34.6 Å². The average Bonchev–Trinajstić information content (AvgIpc) is 2.76. The minimum Gasteiger partial charge on any atom is -0.497 e. The fraction of sp³-hybridized carbons (Fsp3) is 0.273. The lowest BCUT2D eigenvalue weighted by Gasteiger charge is -2.21. The minimum atomic E-state index is -0.225. The molecule has 1 heterocycles. The molecule has 152 valence electrons. The largest absolute Gasteiger partial charge is 0.497 e. The van der Waals surface area contributed by atoms with Gasteiger partial charge in [0.05, 0.1) is 27.9 Å². The van der Waals surface area contributed by atoms with Crippen molar-refractivity contribution < 1.29 is 19.0 Å². The summed E-state index contributed by atoms with van der Waals surface area (Å²) in [5, 5.41) is 0.838. The zero-order valence-electron chi connectivity index (χ0n) is 16.9. The SMILES string of the molecule is CCN(Cc1cc2cc(OC)ccc2[nH]c1=O)C(=O)c1cc(OC)cc(OC)c1. The molecule has 0 unspecified atom stereocenters. The number of hydrogen-bond donors (Lipinski definition) is 1. The van der Waals surface area contributed by atoms with Gasteiger partial charge in [0.25, 0.3) is 11.5 Å². The number of pyridine rings is 1. The summed E-state index contributed by atoms with van der Waals surface area (Å²) in [4.78, 5) is 30.1. The molecular formula is C22H24N2O5. The third kappa shape index (κ3) is 4.34. The summed E-state index contributed by atoms with van der Waals surface area (Å²) >= 11 is 0. The summed E-state index contributed by atoms with van der Waals surface area (Å²) in [6.07, 6.45) is 0. The molecule has 1 N–H and O–H groups in total. The number of benzene rings is 2. The molecule has 0 aliphatic carbocycles. The van der Waals surface area contributed by atoms with Gasteiger partial charge in [-0.05, 0) is 43.3 Å². The van der Waals surface area contributed by atoms with Crippen molar-refractivity contribution in [1.82, 2.24) is 9.88 Å². The number of nitrogens with one attached hydrogen (secondary N) is 1. The normalized spacial score (nSPS) is 10.6. The Balaban J connectivity index is 1.94. The van der Waals surface area contributed by atoms with E-state index in [9.17, 15) is 9.59 Å². The van der Waals surface area contributed by atoms with Crippen molar-refractivity contribution in [3.8, 4) is 17.2 Å². The maximum atomic E-state index is 13.1. The third-order valence-electron chi connectivity index (χ3n) is 4.76. The van der Waals surface area contributed by atoms with Gasteiger partial charge in [-0.2, -0.15) is 0 Å². The van der Waals surface area contributed by atoms with Gasteiger partial charge in [-0.25, -0.2) is 0 Å². The number of rotatable bonds is 7. The second-order valence-corrected chi connectivity index (χ2v) is 6.50. The highest BCUT2D eigenvalue weighted by Gasteiger charge is 2.18. The first kappa shape index (κ1) is 20.3. The number of fused-ring (bicyclic) bond motifs is 1. The summed E-state index contributed by atoms with van der Waals surface area (Å²) in [5.41, 5.74) is 1.42. The lowest BCUT2D eigenvalue weighted by atomic mass is 10.1. The van der Waals surface area contributed by atoms with Crippen molar-refractivity contribution in [3.63, 3.8) is 0 Å². The van der Waals surface area contributed by atoms with E-state index in [2.05, 4.69) is 4.98 Å². The van der Waals surface area contributed by atoms with E-state index in [0.29, 0.717) is 40.4 Å². The Morgan fingerprint density at radius 2 is 1.59 bits per heavy atom. The molecule has 0 atom stereocenters. The van der Waals surface area contributed by atoms with Crippen LogP contribution in [0.5, 0.6) is 17.2 Å². The Labute approximate surface area is 168 Å². The number of H-pyrrole nitrogens is 1. The monoisotopic (exact) mass is 396 g/mol. The summed E-state index contributed by atoms with van der Waals surface area (Å²) in [5.74, 6) is 1.54. The van der Waals surface area contributed by atoms with Crippen molar-refractivity contribution in [2.45, 2.75) is 13.5 Å². The highest BCUT2D eigenvalue weighted by molar-refractivity contribution is 5.95. The fourth-order valence-electron chi connectivity index (χ4n) is 3.12. The number of aromatic amines is 1. The van der Waals surface area contributed by atoms with Crippen molar-refractivity contribution in [1.29, 1.82) is 0 Å². The average molecular weight is 396 g/mol. The standard InChI is InChI=1S/C22H24N2O5/c1-5-24(22(26)15-10-18(28-3)12-19(11-15)29-4)13-16-8-14-9-17(27-2)6-7-20(14)23-21(16)25/h6-12H,5,13H2,1-4H3,(H,23,25). The number of nitrogens with zero attached hydrogens (tertiary/aromatic N) is 1. The molecule has 0 saturated heterocycles. The van der Waals surface area contributed by atoms with E-state index in [1.807, 2.05) is 13.0 Å². The van der Waals surface area contributed by atoms with Crippen LogP contribution in [0.3, 0.4) is 0 Å². The van der Waals surface area contributed by atoms with E-state index >= 15 is 0 Å². The summed E-state index contributed by atoms with van der Waals surface area (Å²) in [6.45, 7) is 2.48. The van der Waals surface area contributed by atoms with E-state index in [1.165, 1.54) is 14.2 Å². The first-order valence-electron chi connectivity index (χ1n) is 9.21. The Bertz CT molecular complexity index is 1070. The van der Waals surface area contributed by atoms with E-state index in [0.717, 1.165) is 5.39 Å². The van der Waals surface area contributed by atoms with Gasteiger partial charge in [0.1, 0.15) is 17.2 Å². The van der Waals surface area contributed by atoms with Crippen LogP contribution in [0.2, 0.25) is 0 Å². The van der Waals surface area contributed by atoms with Crippen LogP contribution in [0.15, 0.2) is 47.3 Å². The fourth-order valence-corrected chi connectivity index (χ4v) is 3.12. The van der Waals surface area contributed by atoms with Crippen LogP contribution in [0, 0.1) is 0 Å². The Kier molecular flexibility index (Phi) is 6.07. The predicted molar refractivity (Wildman–Crippen MR) is 111 cm³/mol. The number of aromatic nitrogens is 1. The van der Waals surface area contributed by atoms with Crippen LogP contribution in [-0.4, -0.2) is 43.7 Å². The van der Waals surface area contributed by atoms with Gasteiger partial charge in [0.2, 0.25) is 0 Å². The van der Waals surface area contributed by atoms with E-state index < -0.39 is 0 Å². The number of hydrogen-bond acceptors (Lipinski definition) is 5. The molecule has 0 aliphatic rings. The quantitative estimate of drug-likeness (QED) is 0.663. The van der Waals surface area contributed by atoms with Crippen molar-refractivity contribution in [2.75, 3.05) is 27.9 Å². The lowest BCUT2D eigenvalue weighted by molar-refractivity contribution is 0.0751. The van der Waals surface area contributed by atoms with Crippen LogP contribution in [0.4, 0.5) is 0 Å². The zero-order chi connectivity index (χ0) is 21.0. The first-order chi connectivity index (χ1) is 14.0. The van der Waals surface area contributed by atoms with Gasteiger partial charge >= 0.3 is 0 Å². The molecule has 0 aliphatic heterocycles. The smallest absolute Gasteiger partial charge is 0.254 e. The highest BCUT2D eigenvalue weighted by atomic mass is 16.5. The molecule has 3 rings (SSSR count). The molecule has 29 heavy (non-hydrogen) atoms. The molecular weight excluding hydrogens is 372 g/mol. The maximum absolute atomic E-state index is 13.1. The van der Waals surface area contributed by atoms with E-state index in [1.54, 1.807) is 48.4 Å². The number of carbonyl (C=O) groups is 1. The highest BCUT2D eigenvalue weighted by Crippen LogP contribution is 2.24. The summed E-state index contributed by atoms with van der Waals surface area (Å²) in [6, 6.07) is 12.2. The second kappa shape index (κ2) is 8.68. The Hall–Kier alpha value is -3.48. The molecule has 2 aromatic carbocycles. The zero-order valence-corrected chi connectivity index (χ0v) is 16.9. The number of amides is 1. The van der Waals surface area contributed by atoms with Crippen molar-refractivity contribution in [2.24, 2.45) is 0 Å². The topological polar surface area (TPSA) is 80.9 Å². The van der Waals surface area contributed by atoms with Gasteiger partial charge in [-0.3, -0.25) is 9.59 Å². The lowest BCUT2D eigenvalue weighted by Crippen LogP contribution is -2.32. The van der Waals surface area contributed by atoms with Gasteiger partial charge in [0.15, 0.2) is 0 Å². The van der Waals surface area contributed by atoms with Crippen LogP contribution in [-0.2, 0) is 6.54 Å². The molecule has 7 nitrogen and oxygen atoms in total. The molecule has 0 spiro atoms. The van der Waals surface area contributed by atoms with Gasteiger partial charge < -0.3 is 24.1 Å². The molecule has 0 fully saturated rings. The second-order valence-electron chi connectivity index (χ2n) is 6.50. The summed E-state index contributed by atoms with van der Waals surface area (Å²) < 4.78 is 15.8. The molecule has 0 saturated carbocycles. The van der Waals surface area contributed by atoms with Crippen LogP contribution in [0.1, 0.15) is 22.8 Å². The van der Waals surface area contributed by atoms with Crippen LogP contribution in [0.25, 0.3) is 10.9 Å². The number of ether oxygens (including phenoxy) is 3. The van der Waals surface area contributed by atoms with E-state index in [4.69, 9.17) is 14.2 Å². The van der Waals surface area contributed by atoms with Crippen LogP contribution < -0.4 is 19.8 Å². The van der Waals surface area contributed by atoms with Gasteiger partial charge in [-0.15, -0.1) is 0 Å². The molecule has 3 aromatic rings. The number of carbonyl (C=O) groups excluding carboxylic acids is 1. The number of methoxy groups -OCH3 is 3. The van der Waals surface area contributed by atoms with Crippen molar-refractivity contribution in [3.05, 3.63) is 63.9 Å². The van der Waals surface area contributed by atoms with Gasteiger partial charge in [-0.1, -0.05) is 0 Å². The molecule has 1 aromatic heterocycles. The first-order valence-corrected chi connectivity index (χ1v) is 9.21. The van der Waals surface area contributed by atoms with E-state index in [-0.39, 0.29) is 18.0 Å². The molecule has 0 bridgehead atoms. The maximum Gasteiger partial charge on any atom is 0.254 e. The Morgan fingerprint density at radius 1 is 0.931 bits per heavy atom. The summed E-state index contributed by atoms with van der Waals surface area (Å²) in [7, 11) is 4.65. The predicted octanol–water partition coefficient (Wildman–Crippen LogP) is 3.22. The third-order valence-corrected chi connectivity index (χ3v) is 4.76.